The number of hydrogen-bond donors (Lipinski definition) is 4. The second-order valence-corrected chi connectivity index (χ2v) is 16.7. The summed E-state index contributed by atoms with van der Waals surface area (Å²) < 4.78 is 22.1. The van der Waals surface area contributed by atoms with Gasteiger partial charge in [-0.1, -0.05) is 192 Å². The van der Waals surface area contributed by atoms with Crippen molar-refractivity contribution >= 4 is 13.7 Å². The number of aliphatic hydroxyl groups excluding tert-OH is 1. The van der Waals surface area contributed by atoms with Crippen molar-refractivity contribution in [2.45, 2.75) is 225 Å². The quantitative estimate of drug-likeness (QED) is 0.0275. The van der Waals surface area contributed by atoms with Crippen LogP contribution in [0.3, 0.4) is 0 Å². The molecule has 0 saturated carbocycles. The standard InChI is InChI=1S/C45H87N2O6P/c1-3-5-7-9-11-13-15-17-19-21-23-25-27-29-31-33-35-37-39-45(49)47-43(42-53-54(50,51)52-41-40-46)44(48)38-36-34-32-30-28-26-24-22-20-18-16-14-12-10-8-6-4-2/h13,15,19,21,36,38,43-44,48H,3-12,14,16-18,20,22-35,37,39-42,46H2,1-2H3,(H,47,49)(H,50,51)/b15-13-,21-19-,38-36+. The van der Waals surface area contributed by atoms with E-state index in [1.807, 2.05) is 6.08 Å². The zero-order valence-electron chi connectivity index (χ0n) is 35.2. The predicted octanol–water partition coefficient (Wildman–Crippen LogP) is 12.7. The second-order valence-electron chi connectivity index (χ2n) is 15.3. The first-order valence-corrected chi connectivity index (χ1v) is 24.1. The SMILES string of the molecule is CCCCCC/C=C\C/C=C\CCCCCCCCCC(=O)NC(COP(=O)(O)OCCN)C(O)/C=C/CCCCCCCCCCCCCCCCC. The molecule has 5 N–H and O–H groups in total. The molecule has 0 heterocycles. The van der Waals surface area contributed by atoms with E-state index in [0.717, 1.165) is 51.4 Å². The number of hydrogen-bond acceptors (Lipinski definition) is 6. The zero-order chi connectivity index (χ0) is 39.6. The highest BCUT2D eigenvalue weighted by atomic mass is 31.2. The van der Waals surface area contributed by atoms with Crippen LogP contribution in [0.5, 0.6) is 0 Å². The summed E-state index contributed by atoms with van der Waals surface area (Å²) in [6.07, 6.45) is 49.0. The van der Waals surface area contributed by atoms with E-state index in [2.05, 4.69) is 43.5 Å². The Balaban J connectivity index is 4.21. The lowest BCUT2D eigenvalue weighted by Gasteiger charge is -2.23. The zero-order valence-corrected chi connectivity index (χ0v) is 36.1. The molecule has 3 unspecified atom stereocenters. The minimum Gasteiger partial charge on any atom is -0.387 e. The summed E-state index contributed by atoms with van der Waals surface area (Å²) in [5, 5.41) is 13.7. The van der Waals surface area contributed by atoms with Gasteiger partial charge in [0, 0.05) is 13.0 Å². The molecule has 9 heteroatoms. The van der Waals surface area contributed by atoms with Crippen molar-refractivity contribution < 1.29 is 28.4 Å². The van der Waals surface area contributed by atoms with Crippen LogP contribution < -0.4 is 11.1 Å². The van der Waals surface area contributed by atoms with E-state index in [-0.39, 0.29) is 25.7 Å². The van der Waals surface area contributed by atoms with Gasteiger partial charge in [-0.3, -0.25) is 13.8 Å². The lowest BCUT2D eigenvalue weighted by Crippen LogP contribution is -2.45. The van der Waals surface area contributed by atoms with Gasteiger partial charge in [0.05, 0.1) is 25.4 Å². The maximum absolute atomic E-state index is 12.8. The Morgan fingerprint density at radius 3 is 1.48 bits per heavy atom. The molecule has 0 bridgehead atoms. The van der Waals surface area contributed by atoms with Crippen molar-refractivity contribution in [3.63, 3.8) is 0 Å². The van der Waals surface area contributed by atoms with Gasteiger partial charge in [0.2, 0.25) is 5.91 Å². The van der Waals surface area contributed by atoms with E-state index in [1.54, 1.807) is 6.08 Å². The Morgan fingerprint density at radius 2 is 1.02 bits per heavy atom. The average molecular weight is 783 g/mol. The fourth-order valence-corrected chi connectivity index (χ4v) is 7.27. The fourth-order valence-electron chi connectivity index (χ4n) is 6.52. The lowest BCUT2D eigenvalue weighted by molar-refractivity contribution is -0.123. The Bertz CT molecular complexity index is 943. The van der Waals surface area contributed by atoms with Gasteiger partial charge in [-0.05, 0) is 51.4 Å². The van der Waals surface area contributed by atoms with Crippen molar-refractivity contribution in [3.8, 4) is 0 Å². The number of amides is 1. The number of nitrogens with two attached hydrogens (primary N) is 1. The van der Waals surface area contributed by atoms with E-state index in [1.165, 1.54) is 141 Å². The lowest BCUT2D eigenvalue weighted by atomic mass is 10.0. The number of nitrogens with one attached hydrogen (secondary N) is 1. The third-order valence-electron chi connectivity index (χ3n) is 9.96. The van der Waals surface area contributed by atoms with E-state index in [0.29, 0.717) is 6.42 Å². The number of aliphatic hydroxyl groups is 1. The van der Waals surface area contributed by atoms with Crippen LogP contribution in [0.15, 0.2) is 36.5 Å². The molecule has 318 valence electrons. The molecule has 8 nitrogen and oxygen atoms in total. The highest BCUT2D eigenvalue weighted by Gasteiger charge is 2.26. The van der Waals surface area contributed by atoms with Gasteiger partial charge in [0.15, 0.2) is 0 Å². The Kier molecular flexibility index (Phi) is 40.4. The van der Waals surface area contributed by atoms with Crippen molar-refractivity contribution in [1.82, 2.24) is 5.32 Å². The number of carbonyl (C=O) groups excluding carboxylic acids is 1. The third kappa shape index (κ3) is 39.0. The number of rotatable bonds is 42. The molecule has 0 aromatic heterocycles. The summed E-state index contributed by atoms with van der Waals surface area (Å²) in [5.41, 5.74) is 5.38. The summed E-state index contributed by atoms with van der Waals surface area (Å²) >= 11 is 0. The highest BCUT2D eigenvalue weighted by Crippen LogP contribution is 2.43. The minimum atomic E-state index is -4.34. The molecular formula is C45H87N2O6P. The third-order valence-corrected chi connectivity index (χ3v) is 10.9. The maximum Gasteiger partial charge on any atom is 0.472 e. The average Bonchev–Trinajstić information content (AvgIpc) is 3.16. The number of unbranched alkanes of at least 4 members (excludes halogenated alkanes) is 26. The van der Waals surface area contributed by atoms with E-state index in [4.69, 9.17) is 14.8 Å². The fraction of sp³-hybridized carbons (Fsp3) is 0.844. The largest absolute Gasteiger partial charge is 0.472 e. The normalized spacial score (nSPS) is 14.4. The molecule has 0 aromatic rings. The Labute approximate surface area is 333 Å². The Morgan fingerprint density at radius 1 is 0.611 bits per heavy atom. The first-order chi connectivity index (χ1) is 26.4. The summed E-state index contributed by atoms with van der Waals surface area (Å²) in [6.45, 7) is 4.12. The van der Waals surface area contributed by atoms with Crippen LogP contribution in [0.2, 0.25) is 0 Å². The van der Waals surface area contributed by atoms with Crippen LogP contribution in [0.4, 0.5) is 0 Å². The van der Waals surface area contributed by atoms with Gasteiger partial charge in [0.25, 0.3) is 0 Å². The first-order valence-electron chi connectivity index (χ1n) is 22.6. The van der Waals surface area contributed by atoms with Gasteiger partial charge >= 0.3 is 7.82 Å². The number of phosphoric ester groups is 1. The maximum atomic E-state index is 12.8. The molecule has 0 spiro atoms. The van der Waals surface area contributed by atoms with Crippen LogP contribution in [0, 0.1) is 0 Å². The highest BCUT2D eigenvalue weighted by molar-refractivity contribution is 7.47. The second kappa shape index (κ2) is 41.4. The van der Waals surface area contributed by atoms with Gasteiger partial charge in [-0.15, -0.1) is 0 Å². The summed E-state index contributed by atoms with van der Waals surface area (Å²) in [5.74, 6) is -0.202. The molecule has 0 aliphatic rings. The number of phosphoric acid groups is 1. The molecule has 0 aliphatic heterocycles. The van der Waals surface area contributed by atoms with Crippen LogP contribution >= 0.6 is 7.82 Å². The number of allylic oxidation sites excluding steroid dienone is 5. The molecule has 0 aromatic carbocycles. The molecular weight excluding hydrogens is 695 g/mol. The minimum absolute atomic E-state index is 0.0769. The Hall–Kier alpha value is -1.28. The molecule has 3 atom stereocenters. The van der Waals surface area contributed by atoms with Crippen LogP contribution in [0.1, 0.15) is 213 Å². The molecule has 0 rings (SSSR count). The van der Waals surface area contributed by atoms with Crippen molar-refractivity contribution in [1.29, 1.82) is 0 Å². The molecule has 1 amide bonds. The molecule has 0 radical (unpaired) electrons. The summed E-state index contributed by atoms with van der Waals surface area (Å²) in [7, 11) is -4.34. The van der Waals surface area contributed by atoms with Gasteiger partial charge in [-0.25, -0.2) is 4.57 Å². The molecule has 0 saturated heterocycles. The topological polar surface area (TPSA) is 131 Å². The van der Waals surface area contributed by atoms with Crippen LogP contribution in [0.25, 0.3) is 0 Å². The summed E-state index contributed by atoms with van der Waals surface area (Å²) in [4.78, 5) is 22.7. The van der Waals surface area contributed by atoms with Crippen molar-refractivity contribution in [3.05, 3.63) is 36.5 Å². The van der Waals surface area contributed by atoms with E-state index >= 15 is 0 Å². The van der Waals surface area contributed by atoms with Crippen molar-refractivity contribution in [2.24, 2.45) is 5.73 Å². The molecule has 0 aliphatic carbocycles. The predicted molar refractivity (Wildman–Crippen MR) is 231 cm³/mol. The van der Waals surface area contributed by atoms with E-state index in [9.17, 15) is 19.4 Å². The number of carbonyl (C=O) groups is 1. The van der Waals surface area contributed by atoms with Gasteiger partial charge in [0.1, 0.15) is 0 Å². The molecule has 0 fully saturated rings. The monoisotopic (exact) mass is 783 g/mol. The van der Waals surface area contributed by atoms with Crippen LogP contribution in [-0.2, 0) is 18.4 Å². The summed E-state index contributed by atoms with van der Waals surface area (Å²) in [6, 6.07) is -0.864. The smallest absolute Gasteiger partial charge is 0.387 e. The first kappa shape index (κ1) is 52.7. The van der Waals surface area contributed by atoms with Gasteiger partial charge in [-0.2, -0.15) is 0 Å². The van der Waals surface area contributed by atoms with Crippen molar-refractivity contribution in [2.75, 3.05) is 19.8 Å². The van der Waals surface area contributed by atoms with Crippen LogP contribution in [-0.4, -0.2) is 47.8 Å². The molecule has 54 heavy (non-hydrogen) atoms. The van der Waals surface area contributed by atoms with Gasteiger partial charge < -0.3 is 21.1 Å². The van der Waals surface area contributed by atoms with E-state index < -0.39 is 20.0 Å².